The van der Waals surface area contributed by atoms with Gasteiger partial charge in [0.05, 0.1) is 21.6 Å². The number of aromatic nitrogens is 3. The van der Waals surface area contributed by atoms with Gasteiger partial charge in [-0.2, -0.15) is 5.10 Å². The highest BCUT2D eigenvalue weighted by atomic mass is 35.5. The van der Waals surface area contributed by atoms with Crippen molar-refractivity contribution in [3.63, 3.8) is 0 Å². The van der Waals surface area contributed by atoms with Crippen LogP contribution in [0.5, 0.6) is 0 Å². The number of amides is 2. The highest BCUT2D eigenvalue weighted by Crippen LogP contribution is 2.33. The predicted molar refractivity (Wildman–Crippen MR) is 138 cm³/mol. The Morgan fingerprint density at radius 1 is 1.21 bits per heavy atom. The highest BCUT2D eigenvalue weighted by Gasteiger charge is 2.33. The molecule has 0 saturated carbocycles. The standard InChI is InChI=1S/C24H22ClN5O2S2/c1-14-27-20(15-6-5-7-16(25)12-15)22(34-14)24(32)30-10-11-33-19(30)13-26-23(31)21-17-8-3-4-9-18(17)29(2)28-21/h3-9,12,19H,10-11,13H2,1-2H3,(H,26,31). The lowest BCUT2D eigenvalue weighted by molar-refractivity contribution is 0.0756. The van der Waals surface area contributed by atoms with E-state index in [-0.39, 0.29) is 17.2 Å². The lowest BCUT2D eigenvalue weighted by atomic mass is 10.1. The van der Waals surface area contributed by atoms with Crippen LogP contribution in [-0.4, -0.2) is 55.7 Å². The zero-order valence-electron chi connectivity index (χ0n) is 18.6. The van der Waals surface area contributed by atoms with Gasteiger partial charge in [-0.05, 0) is 25.1 Å². The Bertz CT molecular complexity index is 1400. The molecule has 34 heavy (non-hydrogen) atoms. The number of para-hydroxylation sites is 1. The molecule has 4 aromatic rings. The van der Waals surface area contributed by atoms with E-state index in [0.717, 1.165) is 27.2 Å². The number of carbonyl (C=O) groups excluding carboxylic acids is 2. The fraction of sp³-hybridized carbons (Fsp3) is 0.250. The zero-order chi connectivity index (χ0) is 23.8. The summed E-state index contributed by atoms with van der Waals surface area (Å²) in [5.74, 6) is 0.487. The summed E-state index contributed by atoms with van der Waals surface area (Å²) in [6.45, 7) is 2.84. The number of thiazole rings is 1. The molecule has 174 valence electrons. The first-order chi connectivity index (χ1) is 16.4. The maximum absolute atomic E-state index is 13.6. The SMILES string of the molecule is Cc1nc(-c2cccc(Cl)c2)c(C(=O)N2CCSC2CNC(=O)c2nn(C)c3ccccc23)s1. The second kappa shape index (κ2) is 9.40. The Morgan fingerprint density at radius 3 is 2.85 bits per heavy atom. The van der Waals surface area contributed by atoms with Gasteiger partial charge in [-0.15, -0.1) is 23.1 Å². The van der Waals surface area contributed by atoms with Crippen LogP contribution in [0.4, 0.5) is 0 Å². The van der Waals surface area contributed by atoms with Gasteiger partial charge < -0.3 is 10.2 Å². The second-order valence-corrected chi connectivity index (χ2v) is 10.9. The molecule has 2 aromatic heterocycles. The van der Waals surface area contributed by atoms with Crippen molar-refractivity contribution in [2.45, 2.75) is 12.3 Å². The summed E-state index contributed by atoms with van der Waals surface area (Å²) < 4.78 is 1.70. The van der Waals surface area contributed by atoms with Crippen molar-refractivity contribution in [2.24, 2.45) is 7.05 Å². The topological polar surface area (TPSA) is 80.1 Å². The number of benzene rings is 2. The third-order valence-electron chi connectivity index (χ3n) is 5.69. The summed E-state index contributed by atoms with van der Waals surface area (Å²) in [5.41, 5.74) is 2.75. The van der Waals surface area contributed by atoms with Crippen molar-refractivity contribution >= 4 is 57.4 Å². The molecule has 0 aliphatic carbocycles. The van der Waals surface area contributed by atoms with E-state index < -0.39 is 0 Å². The zero-order valence-corrected chi connectivity index (χ0v) is 21.0. The molecule has 1 fully saturated rings. The monoisotopic (exact) mass is 511 g/mol. The number of hydrogen-bond acceptors (Lipinski definition) is 6. The fourth-order valence-electron chi connectivity index (χ4n) is 4.10. The molecular formula is C24H22ClN5O2S2. The Hall–Kier alpha value is -2.88. The Morgan fingerprint density at radius 2 is 2.03 bits per heavy atom. The van der Waals surface area contributed by atoms with E-state index in [1.807, 2.05) is 61.3 Å². The maximum Gasteiger partial charge on any atom is 0.272 e. The van der Waals surface area contributed by atoms with Crippen LogP contribution in [-0.2, 0) is 7.05 Å². The molecule has 2 aromatic carbocycles. The molecule has 1 atom stereocenters. The fourth-order valence-corrected chi connectivity index (χ4v) is 6.35. The van der Waals surface area contributed by atoms with Crippen molar-refractivity contribution in [3.8, 4) is 11.3 Å². The number of fused-ring (bicyclic) bond motifs is 1. The van der Waals surface area contributed by atoms with Gasteiger partial charge in [-0.3, -0.25) is 14.3 Å². The first kappa shape index (κ1) is 22.9. The third-order valence-corrected chi connectivity index (χ3v) is 8.11. The van der Waals surface area contributed by atoms with Crippen molar-refractivity contribution < 1.29 is 9.59 Å². The predicted octanol–water partition coefficient (Wildman–Crippen LogP) is 4.60. The molecule has 10 heteroatoms. The highest BCUT2D eigenvalue weighted by molar-refractivity contribution is 8.00. The van der Waals surface area contributed by atoms with Crippen LogP contribution in [0.2, 0.25) is 5.02 Å². The average Bonchev–Trinajstić information content (AvgIpc) is 3.54. The van der Waals surface area contributed by atoms with Crippen LogP contribution < -0.4 is 5.32 Å². The molecular weight excluding hydrogens is 490 g/mol. The van der Waals surface area contributed by atoms with E-state index in [2.05, 4.69) is 15.4 Å². The number of thioether (sulfide) groups is 1. The van der Waals surface area contributed by atoms with Crippen LogP contribution in [0.25, 0.3) is 22.2 Å². The molecule has 7 nitrogen and oxygen atoms in total. The molecule has 2 amide bonds. The van der Waals surface area contributed by atoms with Gasteiger partial charge in [-0.25, -0.2) is 4.98 Å². The van der Waals surface area contributed by atoms with Gasteiger partial charge in [0.2, 0.25) is 0 Å². The maximum atomic E-state index is 13.6. The largest absolute Gasteiger partial charge is 0.348 e. The van der Waals surface area contributed by atoms with E-state index in [4.69, 9.17) is 11.6 Å². The summed E-state index contributed by atoms with van der Waals surface area (Å²) in [6, 6.07) is 15.0. The molecule has 1 saturated heterocycles. The molecule has 5 rings (SSSR count). The minimum atomic E-state index is -0.245. The molecule has 1 aliphatic rings. The second-order valence-electron chi connectivity index (χ2n) is 7.94. The van der Waals surface area contributed by atoms with E-state index in [1.165, 1.54) is 11.3 Å². The van der Waals surface area contributed by atoms with Gasteiger partial charge >= 0.3 is 0 Å². The van der Waals surface area contributed by atoms with Crippen molar-refractivity contribution in [3.05, 3.63) is 69.1 Å². The van der Waals surface area contributed by atoms with Crippen molar-refractivity contribution in [1.82, 2.24) is 25.0 Å². The smallest absolute Gasteiger partial charge is 0.272 e. The molecule has 0 spiro atoms. The van der Waals surface area contributed by atoms with E-state index in [9.17, 15) is 9.59 Å². The lowest BCUT2D eigenvalue weighted by Crippen LogP contribution is -2.42. The summed E-state index contributed by atoms with van der Waals surface area (Å²) in [7, 11) is 1.82. The number of nitrogens with zero attached hydrogens (tertiary/aromatic N) is 4. The van der Waals surface area contributed by atoms with Gasteiger partial charge in [0.1, 0.15) is 4.88 Å². The summed E-state index contributed by atoms with van der Waals surface area (Å²) in [6.07, 6.45) is 0. The molecule has 1 N–H and O–H groups in total. The van der Waals surface area contributed by atoms with Crippen molar-refractivity contribution in [2.75, 3.05) is 18.8 Å². The molecule has 3 heterocycles. The number of carbonyl (C=O) groups is 2. The minimum Gasteiger partial charge on any atom is -0.348 e. The van der Waals surface area contributed by atoms with Crippen LogP contribution in [0, 0.1) is 6.92 Å². The first-order valence-corrected chi connectivity index (χ1v) is 13.0. The van der Waals surface area contributed by atoms with Gasteiger partial charge in [0, 0.05) is 41.9 Å². The summed E-state index contributed by atoms with van der Waals surface area (Å²) >= 11 is 9.21. The van der Waals surface area contributed by atoms with Gasteiger partial charge in [0.25, 0.3) is 11.8 Å². The van der Waals surface area contributed by atoms with Crippen LogP contribution >= 0.6 is 34.7 Å². The molecule has 1 unspecified atom stereocenters. The number of nitrogens with one attached hydrogen (secondary N) is 1. The van der Waals surface area contributed by atoms with Crippen molar-refractivity contribution in [1.29, 1.82) is 0 Å². The summed E-state index contributed by atoms with van der Waals surface area (Å²) in [4.78, 5) is 33.5. The first-order valence-electron chi connectivity index (χ1n) is 10.8. The lowest BCUT2D eigenvalue weighted by Gasteiger charge is -2.23. The number of halogens is 1. The van der Waals surface area contributed by atoms with E-state index >= 15 is 0 Å². The number of rotatable bonds is 5. The Balaban J connectivity index is 1.34. The van der Waals surface area contributed by atoms with Gasteiger partial charge in [-0.1, -0.05) is 41.9 Å². The quantitative estimate of drug-likeness (QED) is 0.423. The molecule has 0 radical (unpaired) electrons. The normalized spacial score (nSPS) is 15.7. The Labute approximate surface area is 210 Å². The van der Waals surface area contributed by atoms with E-state index in [1.54, 1.807) is 22.5 Å². The summed E-state index contributed by atoms with van der Waals surface area (Å²) in [5, 5.41) is 9.43. The van der Waals surface area contributed by atoms with Crippen LogP contribution in [0.15, 0.2) is 48.5 Å². The molecule has 1 aliphatic heterocycles. The average molecular weight is 512 g/mol. The third kappa shape index (κ3) is 4.31. The minimum absolute atomic E-state index is 0.0758. The number of aryl methyl sites for hydroxylation is 2. The number of hydrogen-bond donors (Lipinski definition) is 1. The Kier molecular flexibility index (Phi) is 6.33. The van der Waals surface area contributed by atoms with Gasteiger partial charge in [0.15, 0.2) is 5.69 Å². The molecule has 0 bridgehead atoms. The van der Waals surface area contributed by atoms with Crippen LogP contribution in [0.3, 0.4) is 0 Å². The van der Waals surface area contributed by atoms with Crippen LogP contribution in [0.1, 0.15) is 25.2 Å². The van der Waals surface area contributed by atoms with E-state index in [0.29, 0.717) is 34.4 Å².